The summed E-state index contributed by atoms with van der Waals surface area (Å²) in [5.41, 5.74) is 4.74. The molecular formula is C22H27NO. The fourth-order valence-corrected chi connectivity index (χ4v) is 2.80. The third kappa shape index (κ3) is 4.92. The third-order valence-corrected chi connectivity index (χ3v) is 4.40. The second kappa shape index (κ2) is 9.21. The number of hydrogen-bond acceptors (Lipinski definition) is 2. The number of aliphatic hydroxyl groups is 1. The van der Waals surface area contributed by atoms with Crippen LogP contribution in [0.15, 0.2) is 61.7 Å². The minimum absolute atomic E-state index is 0.156. The van der Waals surface area contributed by atoms with Crippen LogP contribution in [-0.2, 0) is 13.1 Å². The van der Waals surface area contributed by atoms with Gasteiger partial charge in [0, 0.05) is 19.1 Å². The molecule has 1 N–H and O–H groups in total. The van der Waals surface area contributed by atoms with Crippen molar-refractivity contribution in [2.24, 2.45) is 0 Å². The Balaban J connectivity index is 2.16. The summed E-state index contributed by atoms with van der Waals surface area (Å²) < 4.78 is 0. The number of rotatable bonds is 9. The summed E-state index contributed by atoms with van der Waals surface area (Å²) in [6.07, 6.45) is 4.63. The molecule has 0 spiro atoms. The molecule has 0 aromatic heterocycles. The van der Waals surface area contributed by atoms with Crippen LogP contribution in [0.2, 0.25) is 0 Å². The van der Waals surface area contributed by atoms with Crippen LogP contribution < -0.4 is 0 Å². The van der Waals surface area contributed by atoms with Crippen molar-refractivity contribution in [1.82, 2.24) is 4.90 Å². The largest absolute Gasteiger partial charge is 0.395 e. The molecule has 0 aliphatic rings. The van der Waals surface area contributed by atoms with Crippen LogP contribution in [-0.4, -0.2) is 22.7 Å². The highest BCUT2D eigenvalue weighted by atomic mass is 16.3. The molecule has 0 aliphatic carbocycles. The molecule has 1 atom stereocenters. The van der Waals surface area contributed by atoms with Gasteiger partial charge in [0.2, 0.25) is 0 Å². The minimum Gasteiger partial charge on any atom is -0.395 e. The van der Waals surface area contributed by atoms with Gasteiger partial charge in [0.1, 0.15) is 0 Å². The smallest absolute Gasteiger partial charge is 0.0587 e. The maximum Gasteiger partial charge on any atom is 0.0587 e. The van der Waals surface area contributed by atoms with Crippen LogP contribution >= 0.6 is 0 Å². The Kier molecular flexibility index (Phi) is 6.98. The molecule has 2 heteroatoms. The third-order valence-electron chi connectivity index (χ3n) is 4.40. The normalized spacial score (nSPS) is 12.1. The average molecular weight is 321 g/mol. The van der Waals surface area contributed by atoms with Crippen molar-refractivity contribution in [3.05, 3.63) is 83.9 Å². The van der Waals surface area contributed by atoms with Crippen LogP contribution in [0.25, 0.3) is 12.2 Å². The molecule has 1 unspecified atom stereocenters. The van der Waals surface area contributed by atoms with Gasteiger partial charge in [0.25, 0.3) is 0 Å². The molecule has 0 bridgehead atoms. The lowest BCUT2D eigenvalue weighted by molar-refractivity contribution is 0.107. The number of hydrogen-bond donors (Lipinski definition) is 1. The van der Waals surface area contributed by atoms with Crippen LogP contribution in [0.4, 0.5) is 0 Å². The first-order chi connectivity index (χ1) is 11.7. The van der Waals surface area contributed by atoms with Gasteiger partial charge in [-0.2, -0.15) is 0 Å². The van der Waals surface area contributed by atoms with E-state index in [4.69, 9.17) is 0 Å². The topological polar surface area (TPSA) is 23.5 Å². The average Bonchev–Trinajstić information content (AvgIpc) is 2.64. The Labute approximate surface area is 145 Å². The SMILES string of the molecule is C=Cc1ccc(CN(Cc2ccc(C=C)cc2)C(CC)CO)cc1. The van der Waals surface area contributed by atoms with Crippen molar-refractivity contribution >= 4 is 12.2 Å². The van der Waals surface area contributed by atoms with Gasteiger partial charge in [-0.1, -0.05) is 80.8 Å². The quantitative estimate of drug-likeness (QED) is 0.721. The predicted molar refractivity (Wildman–Crippen MR) is 103 cm³/mol. The summed E-state index contributed by atoms with van der Waals surface area (Å²) in [4.78, 5) is 2.34. The van der Waals surface area contributed by atoms with Crippen LogP contribution in [0.1, 0.15) is 35.6 Å². The lowest BCUT2D eigenvalue weighted by atomic mass is 10.1. The minimum atomic E-state index is 0.156. The molecule has 24 heavy (non-hydrogen) atoms. The zero-order valence-electron chi connectivity index (χ0n) is 14.5. The first-order valence-corrected chi connectivity index (χ1v) is 8.47. The highest BCUT2D eigenvalue weighted by molar-refractivity contribution is 5.47. The molecule has 126 valence electrons. The van der Waals surface area contributed by atoms with Gasteiger partial charge in [0.15, 0.2) is 0 Å². The number of benzene rings is 2. The van der Waals surface area contributed by atoms with Crippen molar-refractivity contribution in [2.75, 3.05) is 6.61 Å². The summed E-state index contributed by atoms with van der Waals surface area (Å²) in [5.74, 6) is 0. The molecule has 2 rings (SSSR count). The van der Waals surface area contributed by atoms with Crippen molar-refractivity contribution in [2.45, 2.75) is 32.5 Å². The number of aliphatic hydroxyl groups excluding tert-OH is 1. The Morgan fingerprint density at radius 2 is 1.29 bits per heavy atom. The summed E-state index contributed by atoms with van der Waals surface area (Å²) in [5, 5.41) is 9.75. The Bertz CT molecular complexity index is 585. The molecule has 0 fully saturated rings. The first kappa shape index (κ1) is 18.2. The van der Waals surface area contributed by atoms with Gasteiger partial charge < -0.3 is 5.11 Å². The maximum atomic E-state index is 9.75. The summed E-state index contributed by atoms with van der Waals surface area (Å²) in [7, 11) is 0. The van der Waals surface area contributed by atoms with E-state index in [1.807, 2.05) is 12.2 Å². The van der Waals surface area contributed by atoms with E-state index in [0.717, 1.165) is 30.6 Å². The predicted octanol–water partition coefficient (Wildman–Crippen LogP) is 4.75. The van der Waals surface area contributed by atoms with Crippen molar-refractivity contribution in [1.29, 1.82) is 0 Å². The van der Waals surface area contributed by atoms with E-state index in [0.29, 0.717) is 0 Å². The Hall–Kier alpha value is -2.16. The van der Waals surface area contributed by atoms with Gasteiger partial charge in [0.05, 0.1) is 6.61 Å². The molecule has 0 saturated heterocycles. The molecule has 0 saturated carbocycles. The Morgan fingerprint density at radius 1 is 0.875 bits per heavy atom. The van der Waals surface area contributed by atoms with E-state index in [-0.39, 0.29) is 12.6 Å². The second-order valence-electron chi connectivity index (χ2n) is 6.04. The molecule has 0 radical (unpaired) electrons. The molecule has 2 nitrogen and oxygen atoms in total. The summed E-state index contributed by atoms with van der Waals surface area (Å²) in [6.45, 7) is 11.5. The summed E-state index contributed by atoms with van der Waals surface area (Å²) >= 11 is 0. The fraction of sp³-hybridized carbons (Fsp3) is 0.273. The molecule has 2 aromatic rings. The van der Waals surface area contributed by atoms with Gasteiger partial charge in [-0.3, -0.25) is 4.90 Å². The highest BCUT2D eigenvalue weighted by Gasteiger charge is 2.16. The maximum absolute atomic E-state index is 9.75. The monoisotopic (exact) mass is 321 g/mol. The zero-order chi connectivity index (χ0) is 17.4. The van der Waals surface area contributed by atoms with Gasteiger partial charge in [-0.05, 0) is 28.7 Å². The lowest BCUT2D eigenvalue weighted by Gasteiger charge is -2.30. The van der Waals surface area contributed by atoms with E-state index < -0.39 is 0 Å². The Morgan fingerprint density at radius 3 is 1.58 bits per heavy atom. The van der Waals surface area contributed by atoms with Crippen molar-refractivity contribution in [3.63, 3.8) is 0 Å². The number of nitrogens with zero attached hydrogens (tertiary/aromatic N) is 1. The lowest BCUT2D eigenvalue weighted by Crippen LogP contribution is -2.36. The van der Waals surface area contributed by atoms with E-state index in [9.17, 15) is 5.11 Å². The van der Waals surface area contributed by atoms with Crippen molar-refractivity contribution < 1.29 is 5.11 Å². The summed E-state index contributed by atoms with van der Waals surface area (Å²) in [6, 6.07) is 17.0. The molecular weight excluding hydrogens is 294 g/mol. The zero-order valence-corrected chi connectivity index (χ0v) is 14.5. The van der Waals surface area contributed by atoms with E-state index in [1.54, 1.807) is 0 Å². The fourth-order valence-electron chi connectivity index (χ4n) is 2.80. The van der Waals surface area contributed by atoms with Crippen molar-refractivity contribution in [3.8, 4) is 0 Å². The first-order valence-electron chi connectivity index (χ1n) is 8.47. The molecule has 0 amide bonds. The van der Waals surface area contributed by atoms with Gasteiger partial charge >= 0.3 is 0 Å². The van der Waals surface area contributed by atoms with Crippen LogP contribution in [0, 0.1) is 0 Å². The van der Waals surface area contributed by atoms with E-state index in [2.05, 4.69) is 73.5 Å². The molecule has 2 aromatic carbocycles. The van der Waals surface area contributed by atoms with Crippen LogP contribution in [0.3, 0.4) is 0 Å². The van der Waals surface area contributed by atoms with Crippen LogP contribution in [0.5, 0.6) is 0 Å². The van der Waals surface area contributed by atoms with E-state index in [1.165, 1.54) is 11.1 Å². The highest BCUT2D eigenvalue weighted by Crippen LogP contribution is 2.17. The van der Waals surface area contributed by atoms with Gasteiger partial charge in [-0.15, -0.1) is 0 Å². The van der Waals surface area contributed by atoms with Gasteiger partial charge in [-0.25, -0.2) is 0 Å². The van der Waals surface area contributed by atoms with E-state index >= 15 is 0 Å². The molecule has 0 aliphatic heterocycles. The second-order valence-corrected chi connectivity index (χ2v) is 6.04. The molecule has 0 heterocycles. The standard InChI is InChI=1S/C22H27NO/c1-4-18-7-11-20(12-8-18)15-23(22(6-3)17-24)16-21-13-9-19(5-2)10-14-21/h4-5,7-14,22,24H,1-2,6,15-17H2,3H3.